The average Bonchev–Trinajstić information content (AvgIpc) is 2.98. The van der Waals surface area contributed by atoms with Gasteiger partial charge in [-0.05, 0) is 18.8 Å². The minimum absolute atomic E-state index is 0.696. The van der Waals surface area contributed by atoms with Crippen LogP contribution in [0.5, 0.6) is 0 Å². The van der Waals surface area contributed by atoms with E-state index in [2.05, 4.69) is 51.6 Å². The SMILES string of the molecule is CN=C(NCc1cn2c(n1)CCCC2)N1CCSC(C(C)C)C1. The van der Waals surface area contributed by atoms with Crippen molar-refractivity contribution in [3.63, 3.8) is 0 Å². The van der Waals surface area contributed by atoms with E-state index < -0.39 is 0 Å². The van der Waals surface area contributed by atoms with Crippen LogP contribution < -0.4 is 5.32 Å². The molecule has 6 heteroatoms. The van der Waals surface area contributed by atoms with Gasteiger partial charge in [0.15, 0.2) is 5.96 Å². The molecule has 1 atom stereocenters. The fourth-order valence-corrected chi connectivity index (χ4v) is 4.63. The maximum absolute atomic E-state index is 4.77. The van der Waals surface area contributed by atoms with Crippen LogP contribution in [-0.2, 0) is 19.5 Å². The number of hydrogen-bond acceptors (Lipinski definition) is 3. The van der Waals surface area contributed by atoms with Gasteiger partial charge < -0.3 is 14.8 Å². The third-order valence-corrected chi connectivity index (χ3v) is 6.27. The lowest BCUT2D eigenvalue weighted by Gasteiger charge is -2.36. The molecule has 1 aromatic rings. The van der Waals surface area contributed by atoms with Crippen molar-refractivity contribution in [2.24, 2.45) is 10.9 Å². The summed E-state index contributed by atoms with van der Waals surface area (Å²) < 4.78 is 2.32. The van der Waals surface area contributed by atoms with E-state index in [1.54, 1.807) is 0 Å². The van der Waals surface area contributed by atoms with Crippen LogP contribution in [0.2, 0.25) is 0 Å². The summed E-state index contributed by atoms with van der Waals surface area (Å²) in [5.74, 6) is 4.16. The molecule has 1 N–H and O–H groups in total. The molecule has 2 aliphatic heterocycles. The van der Waals surface area contributed by atoms with Gasteiger partial charge in [0, 0.05) is 50.3 Å². The van der Waals surface area contributed by atoms with Crippen molar-refractivity contribution < 1.29 is 0 Å². The first kappa shape index (κ1) is 16.7. The Morgan fingerprint density at radius 1 is 1.43 bits per heavy atom. The molecule has 1 aromatic heterocycles. The van der Waals surface area contributed by atoms with E-state index in [4.69, 9.17) is 4.98 Å². The zero-order valence-electron chi connectivity index (χ0n) is 14.6. The van der Waals surface area contributed by atoms with Gasteiger partial charge in [-0.2, -0.15) is 11.8 Å². The highest BCUT2D eigenvalue weighted by molar-refractivity contribution is 8.00. The van der Waals surface area contributed by atoms with Crippen molar-refractivity contribution in [3.8, 4) is 0 Å². The van der Waals surface area contributed by atoms with E-state index in [9.17, 15) is 0 Å². The van der Waals surface area contributed by atoms with Crippen molar-refractivity contribution in [1.29, 1.82) is 0 Å². The molecule has 0 aliphatic carbocycles. The van der Waals surface area contributed by atoms with Gasteiger partial charge in [-0.3, -0.25) is 4.99 Å². The molecule has 0 saturated carbocycles. The van der Waals surface area contributed by atoms with Crippen LogP contribution in [0.3, 0.4) is 0 Å². The van der Waals surface area contributed by atoms with Gasteiger partial charge >= 0.3 is 0 Å². The van der Waals surface area contributed by atoms with Gasteiger partial charge in [0.25, 0.3) is 0 Å². The molecular formula is C17H29N5S. The van der Waals surface area contributed by atoms with Gasteiger partial charge in [-0.25, -0.2) is 4.98 Å². The summed E-state index contributed by atoms with van der Waals surface area (Å²) in [5, 5.41) is 4.21. The Kier molecular flexibility index (Phi) is 5.51. The summed E-state index contributed by atoms with van der Waals surface area (Å²) in [6.07, 6.45) is 5.87. The van der Waals surface area contributed by atoms with Crippen molar-refractivity contribution in [2.45, 2.75) is 51.4 Å². The summed E-state index contributed by atoms with van der Waals surface area (Å²) >= 11 is 2.10. The highest BCUT2D eigenvalue weighted by atomic mass is 32.2. The van der Waals surface area contributed by atoms with Crippen molar-refractivity contribution in [2.75, 3.05) is 25.9 Å². The molecule has 3 heterocycles. The summed E-state index contributed by atoms with van der Waals surface area (Å²) in [6, 6.07) is 0. The van der Waals surface area contributed by atoms with E-state index in [0.29, 0.717) is 11.2 Å². The summed E-state index contributed by atoms with van der Waals surface area (Å²) in [7, 11) is 1.88. The Labute approximate surface area is 143 Å². The predicted molar refractivity (Wildman–Crippen MR) is 98.0 cm³/mol. The van der Waals surface area contributed by atoms with Gasteiger partial charge in [0.2, 0.25) is 0 Å². The normalized spacial score (nSPS) is 22.3. The topological polar surface area (TPSA) is 45.5 Å². The smallest absolute Gasteiger partial charge is 0.194 e. The molecule has 5 nitrogen and oxygen atoms in total. The van der Waals surface area contributed by atoms with Crippen LogP contribution in [0.15, 0.2) is 11.2 Å². The van der Waals surface area contributed by atoms with Gasteiger partial charge in [-0.15, -0.1) is 0 Å². The Hall–Kier alpha value is -1.17. The number of aryl methyl sites for hydroxylation is 2. The second-order valence-corrected chi connectivity index (χ2v) is 8.15. The van der Waals surface area contributed by atoms with Crippen LogP contribution in [0.4, 0.5) is 0 Å². The fraction of sp³-hybridized carbons (Fsp3) is 0.765. The molecule has 128 valence electrons. The second-order valence-electron chi connectivity index (χ2n) is 6.80. The lowest BCUT2D eigenvalue weighted by atomic mass is 10.1. The first-order valence-corrected chi connectivity index (χ1v) is 9.84. The van der Waals surface area contributed by atoms with Crippen molar-refractivity contribution in [3.05, 3.63) is 17.7 Å². The molecule has 2 aliphatic rings. The first-order valence-electron chi connectivity index (χ1n) is 8.79. The Morgan fingerprint density at radius 3 is 3.04 bits per heavy atom. The van der Waals surface area contributed by atoms with Crippen molar-refractivity contribution in [1.82, 2.24) is 19.8 Å². The number of imidazole rings is 1. The summed E-state index contributed by atoms with van der Waals surface area (Å²) in [6.45, 7) is 8.67. The first-order chi connectivity index (χ1) is 11.2. The van der Waals surface area contributed by atoms with Crippen LogP contribution in [-0.4, -0.2) is 51.6 Å². The molecule has 0 spiro atoms. The number of nitrogens with one attached hydrogen (secondary N) is 1. The molecule has 1 saturated heterocycles. The Morgan fingerprint density at radius 2 is 2.30 bits per heavy atom. The highest BCUT2D eigenvalue weighted by Gasteiger charge is 2.25. The number of rotatable bonds is 3. The maximum atomic E-state index is 4.77. The highest BCUT2D eigenvalue weighted by Crippen LogP contribution is 2.24. The molecule has 3 rings (SSSR count). The average molecular weight is 336 g/mol. The summed E-state index contributed by atoms with van der Waals surface area (Å²) in [5.41, 5.74) is 1.13. The second kappa shape index (κ2) is 7.60. The fourth-order valence-electron chi connectivity index (χ4n) is 3.33. The largest absolute Gasteiger partial charge is 0.351 e. The summed E-state index contributed by atoms with van der Waals surface area (Å²) in [4.78, 5) is 11.7. The molecule has 0 amide bonds. The zero-order chi connectivity index (χ0) is 16.2. The molecule has 23 heavy (non-hydrogen) atoms. The maximum Gasteiger partial charge on any atom is 0.194 e. The third-order valence-electron chi connectivity index (χ3n) is 4.73. The predicted octanol–water partition coefficient (Wildman–Crippen LogP) is 2.37. The number of hydrogen-bond donors (Lipinski definition) is 1. The minimum atomic E-state index is 0.696. The number of aliphatic imine (C=N–C) groups is 1. The van der Waals surface area contributed by atoms with E-state index >= 15 is 0 Å². The van der Waals surface area contributed by atoms with Crippen LogP contribution in [0.25, 0.3) is 0 Å². The zero-order valence-corrected chi connectivity index (χ0v) is 15.4. The van der Waals surface area contributed by atoms with Gasteiger partial charge in [0.05, 0.1) is 12.2 Å². The van der Waals surface area contributed by atoms with Crippen LogP contribution in [0.1, 0.15) is 38.2 Å². The number of aromatic nitrogens is 2. The van der Waals surface area contributed by atoms with E-state index in [1.165, 1.54) is 24.4 Å². The number of guanidine groups is 1. The standard InChI is InChI=1S/C17H29N5S/c1-13(2)15-12-22(8-9-23-15)17(18-3)19-10-14-11-21-7-5-4-6-16(21)20-14/h11,13,15H,4-10,12H2,1-3H3,(H,18,19). The van der Waals surface area contributed by atoms with Gasteiger partial charge in [0.1, 0.15) is 5.82 Å². The minimum Gasteiger partial charge on any atom is -0.351 e. The third kappa shape index (κ3) is 4.03. The number of nitrogens with zero attached hydrogens (tertiary/aromatic N) is 4. The van der Waals surface area contributed by atoms with Crippen molar-refractivity contribution >= 4 is 17.7 Å². The Bertz CT molecular complexity index is 528. The Balaban J connectivity index is 1.58. The lowest BCUT2D eigenvalue weighted by Crippen LogP contribution is -2.48. The van der Waals surface area contributed by atoms with Gasteiger partial charge in [-0.1, -0.05) is 13.8 Å². The van der Waals surface area contributed by atoms with E-state index in [1.807, 2.05) is 7.05 Å². The van der Waals surface area contributed by atoms with Crippen LogP contribution >= 0.6 is 11.8 Å². The molecule has 1 fully saturated rings. The molecule has 0 aromatic carbocycles. The molecule has 1 unspecified atom stereocenters. The number of fused-ring (bicyclic) bond motifs is 1. The van der Waals surface area contributed by atoms with Crippen LogP contribution in [0, 0.1) is 5.92 Å². The molecule has 0 radical (unpaired) electrons. The number of thioether (sulfide) groups is 1. The quantitative estimate of drug-likeness (QED) is 0.680. The molecular weight excluding hydrogens is 306 g/mol. The monoisotopic (exact) mass is 335 g/mol. The van der Waals surface area contributed by atoms with E-state index in [0.717, 1.165) is 44.3 Å². The van der Waals surface area contributed by atoms with E-state index in [-0.39, 0.29) is 0 Å². The lowest BCUT2D eigenvalue weighted by molar-refractivity contribution is 0.380. The molecule has 0 bridgehead atoms.